The van der Waals surface area contributed by atoms with E-state index >= 15 is 0 Å². The molecule has 0 fully saturated rings. The monoisotopic (exact) mass is 256 g/mol. The first kappa shape index (κ1) is 8.78. The van der Waals surface area contributed by atoms with Crippen molar-refractivity contribution < 1.29 is 0 Å². The quantitative estimate of drug-likeness (QED) is 0.736. The Hall–Kier alpha value is -0.800. The summed E-state index contributed by atoms with van der Waals surface area (Å²) in [7, 11) is 0. The van der Waals surface area contributed by atoms with Gasteiger partial charge >= 0.3 is 0 Å². The Labute approximate surface area is 88.8 Å². The molecule has 1 aromatic carbocycles. The number of nitrogens with zero attached hydrogens (tertiary/aromatic N) is 1. The molecule has 1 heterocycles. The molecule has 0 aliphatic rings. The average Bonchev–Trinajstić information content (AvgIpc) is 2.12. The SMILES string of the molecule is Nc1c(Br)ncc2cc(Cl)ccc12. The summed E-state index contributed by atoms with van der Waals surface area (Å²) in [5.74, 6) is 0. The van der Waals surface area contributed by atoms with E-state index < -0.39 is 0 Å². The van der Waals surface area contributed by atoms with E-state index in [1.807, 2.05) is 18.2 Å². The summed E-state index contributed by atoms with van der Waals surface area (Å²) in [6.45, 7) is 0. The molecule has 13 heavy (non-hydrogen) atoms. The Morgan fingerprint density at radius 1 is 1.38 bits per heavy atom. The molecule has 2 nitrogen and oxygen atoms in total. The minimum Gasteiger partial charge on any atom is -0.396 e. The molecule has 0 saturated carbocycles. The molecule has 2 rings (SSSR count). The number of nitrogens with two attached hydrogens (primary N) is 1. The lowest BCUT2D eigenvalue weighted by Gasteiger charge is -2.03. The Balaban J connectivity index is 2.87. The van der Waals surface area contributed by atoms with Crippen LogP contribution in [0.25, 0.3) is 10.8 Å². The second-order valence-electron chi connectivity index (χ2n) is 2.69. The van der Waals surface area contributed by atoms with Gasteiger partial charge in [-0.15, -0.1) is 0 Å². The highest BCUT2D eigenvalue weighted by Gasteiger charge is 2.02. The number of anilines is 1. The summed E-state index contributed by atoms with van der Waals surface area (Å²) in [6, 6.07) is 5.54. The van der Waals surface area contributed by atoms with Gasteiger partial charge in [0.05, 0.1) is 5.69 Å². The molecule has 0 aliphatic carbocycles. The van der Waals surface area contributed by atoms with Crippen molar-refractivity contribution in [1.29, 1.82) is 0 Å². The van der Waals surface area contributed by atoms with Crippen molar-refractivity contribution in [2.45, 2.75) is 0 Å². The largest absolute Gasteiger partial charge is 0.396 e. The van der Waals surface area contributed by atoms with Crippen LogP contribution in [0.5, 0.6) is 0 Å². The Morgan fingerprint density at radius 3 is 2.92 bits per heavy atom. The molecular weight excluding hydrogens is 251 g/mol. The molecule has 0 spiro atoms. The lowest BCUT2D eigenvalue weighted by Crippen LogP contribution is -1.90. The van der Waals surface area contributed by atoms with Crippen molar-refractivity contribution in [2.75, 3.05) is 5.73 Å². The van der Waals surface area contributed by atoms with Crippen LogP contribution in [0.1, 0.15) is 0 Å². The van der Waals surface area contributed by atoms with E-state index in [9.17, 15) is 0 Å². The zero-order valence-corrected chi connectivity index (χ0v) is 8.93. The lowest BCUT2D eigenvalue weighted by atomic mass is 10.1. The number of nitrogen functional groups attached to an aromatic ring is 1. The van der Waals surface area contributed by atoms with Crippen LogP contribution in [0.2, 0.25) is 5.02 Å². The normalized spacial score (nSPS) is 10.6. The molecule has 1 aromatic heterocycles. The number of pyridine rings is 1. The topological polar surface area (TPSA) is 38.9 Å². The average molecular weight is 258 g/mol. The molecule has 4 heteroatoms. The summed E-state index contributed by atoms with van der Waals surface area (Å²) in [4.78, 5) is 4.08. The molecule has 0 saturated heterocycles. The van der Waals surface area contributed by atoms with Crippen LogP contribution in [0.3, 0.4) is 0 Å². The smallest absolute Gasteiger partial charge is 0.129 e. The number of benzene rings is 1. The van der Waals surface area contributed by atoms with Crippen LogP contribution < -0.4 is 5.73 Å². The zero-order chi connectivity index (χ0) is 9.42. The van der Waals surface area contributed by atoms with Crippen molar-refractivity contribution in [3.8, 4) is 0 Å². The molecule has 2 N–H and O–H groups in total. The molecule has 0 bridgehead atoms. The van der Waals surface area contributed by atoms with Gasteiger partial charge in [0.1, 0.15) is 4.60 Å². The molecule has 0 unspecified atom stereocenters. The van der Waals surface area contributed by atoms with Gasteiger partial charge in [-0.05, 0) is 28.1 Å². The van der Waals surface area contributed by atoms with Crippen molar-refractivity contribution in [3.63, 3.8) is 0 Å². The summed E-state index contributed by atoms with van der Waals surface area (Å²) >= 11 is 9.10. The van der Waals surface area contributed by atoms with E-state index in [4.69, 9.17) is 17.3 Å². The lowest BCUT2D eigenvalue weighted by molar-refractivity contribution is 1.31. The number of hydrogen-bond donors (Lipinski definition) is 1. The minimum atomic E-state index is 0.647. The Bertz CT molecular complexity index is 470. The van der Waals surface area contributed by atoms with E-state index in [0.717, 1.165) is 10.8 Å². The van der Waals surface area contributed by atoms with Gasteiger partial charge in [-0.1, -0.05) is 17.7 Å². The van der Waals surface area contributed by atoms with Gasteiger partial charge in [-0.2, -0.15) is 0 Å². The van der Waals surface area contributed by atoms with Crippen molar-refractivity contribution in [1.82, 2.24) is 4.98 Å². The molecular formula is C9H6BrClN2. The number of halogens is 2. The van der Waals surface area contributed by atoms with E-state index in [-0.39, 0.29) is 0 Å². The predicted octanol–water partition coefficient (Wildman–Crippen LogP) is 3.23. The van der Waals surface area contributed by atoms with Gasteiger partial charge in [0, 0.05) is 22.0 Å². The van der Waals surface area contributed by atoms with Crippen molar-refractivity contribution in [2.24, 2.45) is 0 Å². The van der Waals surface area contributed by atoms with Crippen LogP contribution in [0.4, 0.5) is 5.69 Å². The maximum absolute atomic E-state index is 5.83. The minimum absolute atomic E-state index is 0.647. The number of aromatic nitrogens is 1. The Morgan fingerprint density at radius 2 is 2.15 bits per heavy atom. The van der Waals surface area contributed by atoms with E-state index in [1.165, 1.54) is 0 Å². The third-order valence-electron chi connectivity index (χ3n) is 1.84. The van der Waals surface area contributed by atoms with Crippen LogP contribution >= 0.6 is 27.5 Å². The van der Waals surface area contributed by atoms with Crippen LogP contribution in [0, 0.1) is 0 Å². The first-order chi connectivity index (χ1) is 6.18. The van der Waals surface area contributed by atoms with Gasteiger partial charge in [0.25, 0.3) is 0 Å². The molecule has 2 aromatic rings. The molecule has 0 aliphatic heterocycles. The second-order valence-corrected chi connectivity index (χ2v) is 3.88. The van der Waals surface area contributed by atoms with Gasteiger partial charge in [-0.3, -0.25) is 0 Å². The standard InChI is InChI=1S/C9H6BrClN2/c10-9-8(12)7-2-1-6(11)3-5(7)4-13-9/h1-4H,12H2. The van der Waals surface area contributed by atoms with Crippen LogP contribution in [-0.2, 0) is 0 Å². The van der Waals surface area contributed by atoms with Crippen molar-refractivity contribution >= 4 is 44.0 Å². The van der Waals surface area contributed by atoms with Gasteiger partial charge in [0.15, 0.2) is 0 Å². The highest BCUT2D eigenvalue weighted by molar-refractivity contribution is 9.10. The first-order valence-electron chi connectivity index (χ1n) is 3.68. The van der Waals surface area contributed by atoms with Gasteiger partial charge < -0.3 is 5.73 Å². The number of hydrogen-bond acceptors (Lipinski definition) is 2. The fourth-order valence-corrected chi connectivity index (χ4v) is 1.69. The molecule has 0 amide bonds. The maximum Gasteiger partial charge on any atom is 0.129 e. The van der Waals surface area contributed by atoms with E-state index in [2.05, 4.69) is 20.9 Å². The molecule has 0 atom stereocenters. The maximum atomic E-state index is 5.83. The fourth-order valence-electron chi connectivity index (χ4n) is 1.19. The summed E-state index contributed by atoms with van der Waals surface area (Å²) in [5.41, 5.74) is 6.46. The second kappa shape index (κ2) is 3.16. The van der Waals surface area contributed by atoms with Gasteiger partial charge in [0.2, 0.25) is 0 Å². The highest BCUT2D eigenvalue weighted by atomic mass is 79.9. The summed E-state index contributed by atoms with van der Waals surface area (Å²) in [5, 5.41) is 2.61. The molecule has 66 valence electrons. The van der Waals surface area contributed by atoms with Crippen LogP contribution in [0.15, 0.2) is 29.0 Å². The third kappa shape index (κ3) is 1.49. The Kier molecular flexibility index (Phi) is 2.14. The predicted molar refractivity (Wildman–Crippen MR) is 58.9 cm³/mol. The number of rotatable bonds is 0. The third-order valence-corrected chi connectivity index (χ3v) is 2.71. The summed E-state index contributed by atoms with van der Waals surface area (Å²) < 4.78 is 0.669. The van der Waals surface area contributed by atoms with E-state index in [0.29, 0.717) is 15.3 Å². The fraction of sp³-hybridized carbons (Fsp3) is 0. The summed E-state index contributed by atoms with van der Waals surface area (Å²) in [6.07, 6.45) is 1.74. The first-order valence-corrected chi connectivity index (χ1v) is 4.85. The number of fused-ring (bicyclic) bond motifs is 1. The van der Waals surface area contributed by atoms with Crippen molar-refractivity contribution in [3.05, 3.63) is 34.0 Å². The zero-order valence-electron chi connectivity index (χ0n) is 6.59. The van der Waals surface area contributed by atoms with E-state index in [1.54, 1.807) is 6.20 Å². The highest BCUT2D eigenvalue weighted by Crippen LogP contribution is 2.28. The molecule has 0 radical (unpaired) electrons. The van der Waals surface area contributed by atoms with Gasteiger partial charge in [-0.25, -0.2) is 4.98 Å². The van der Waals surface area contributed by atoms with Crippen LogP contribution in [-0.4, -0.2) is 4.98 Å².